The second kappa shape index (κ2) is 7.68. The predicted molar refractivity (Wildman–Crippen MR) is 116 cm³/mol. The summed E-state index contributed by atoms with van der Waals surface area (Å²) in [6.07, 6.45) is 1.57. The van der Waals surface area contributed by atoms with Crippen LogP contribution in [0.3, 0.4) is 0 Å². The van der Waals surface area contributed by atoms with Gasteiger partial charge >= 0.3 is 5.97 Å². The molecular weight excluding hydrogens is 440 g/mol. The molecule has 5 rings (SSSR count). The maximum atomic E-state index is 12.0. The Morgan fingerprint density at radius 2 is 2.03 bits per heavy atom. The van der Waals surface area contributed by atoms with Crippen molar-refractivity contribution in [3.8, 4) is 17.3 Å². The maximum absolute atomic E-state index is 12.0. The number of fused-ring (bicyclic) bond motifs is 3. The van der Waals surface area contributed by atoms with Crippen molar-refractivity contribution in [1.29, 1.82) is 0 Å². The first kappa shape index (κ1) is 19.5. The van der Waals surface area contributed by atoms with Crippen LogP contribution in [-0.2, 0) is 11.3 Å². The van der Waals surface area contributed by atoms with Gasteiger partial charge in [-0.1, -0.05) is 11.6 Å². The molecular formula is C21H15ClN4O4S. The standard InChI is InChI=1S/C21H15ClN4O4S/c1-11-16-19-24-18(25-26(19)10-23-20(16)31-17(11)21(27)28-2)15-8-7-14(30-15)9-29-13-5-3-12(22)4-6-13/h3-8,10H,9H2,1-2H3. The predicted octanol–water partition coefficient (Wildman–Crippen LogP) is 4.93. The summed E-state index contributed by atoms with van der Waals surface area (Å²) >= 11 is 7.16. The minimum atomic E-state index is -0.394. The van der Waals surface area contributed by atoms with Crippen LogP contribution in [0.25, 0.3) is 27.4 Å². The SMILES string of the molecule is COC(=O)c1sc2ncn3nc(-c4ccc(COc5ccc(Cl)cc5)o4)nc3c2c1C. The number of ether oxygens (including phenoxy) is 2. The number of carbonyl (C=O) groups is 1. The van der Waals surface area contributed by atoms with E-state index in [1.165, 1.54) is 18.4 Å². The molecule has 10 heteroatoms. The largest absolute Gasteiger partial charge is 0.486 e. The number of thiophene rings is 1. The molecule has 0 amide bonds. The molecule has 156 valence electrons. The zero-order valence-corrected chi connectivity index (χ0v) is 18.0. The number of aromatic nitrogens is 4. The Bertz CT molecular complexity index is 1420. The van der Waals surface area contributed by atoms with Crippen LogP contribution in [0.4, 0.5) is 0 Å². The smallest absolute Gasteiger partial charge is 0.348 e. The molecule has 4 heterocycles. The van der Waals surface area contributed by atoms with Gasteiger partial charge in [-0.25, -0.2) is 19.3 Å². The van der Waals surface area contributed by atoms with Crippen LogP contribution in [-0.4, -0.2) is 32.7 Å². The highest BCUT2D eigenvalue weighted by molar-refractivity contribution is 7.20. The number of esters is 1. The molecule has 0 N–H and O–H groups in total. The van der Waals surface area contributed by atoms with Crippen molar-refractivity contribution in [3.63, 3.8) is 0 Å². The maximum Gasteiger partial charge on any atom is 0.348 e. The first-order valence-electron chi connectivity index (χ1n) is 9.23. The van der Waals surface area contributed by atoms with Crippen molar-refractivity contribution in [3.05, 3.63) is 63.9 Å². The summed E-state index contributed by atoms with van der Waals surface area (Å²) in [4.78, 5) is 22.3. The minimum absolute atomic E-state index is 0.257. The lowest BCUT2D eigenvalue weighted by Crippen LogP contribution is -1.99. The lowest BCUT2D eigenvalue weighted by atomic mass is 10.2. The van der Waals surface area contributed by atoms with E-state index in [9.17, 15) is 4.79 Å². The number of benzene rings is 1. The van der Waals surface area contributed by atoms with E-state index in [1.807, 2.05) is 13.0 Å². The molecule has 1 aromatic carbocycles. The lowest BCUT2D eigenvalue weighted by Gasteiger charge is -2.03. The van der Waals surface area contributed by atoms with Crippen molar-refractivity contribution in [1.82, 2.24) is 19.6 Å². The van der Waals surface area contributed by atoms with E-state index in [-0.39, 0.29) is 6.61 Å². The van der Waals surface area contributed by atoms with E-state index in [1.54, 1.807) is 41.2 Å². The van der Waals surface area contributed by atoms with E-state index < -0.39 is 5.97 Å². The van der Waals surface area contributed by atoms with Crippen LogP contribution < -0.4 is 4.74 Å². The molecule has 4 aromatic heterocycles. The Hall–Kier alpha value is -3.43. The zero-order chi connectivity index (χ0) is 21.5. The number of carbonyl (C=O) groups excluding carboxylic acids is 1. The zero-order valence-electron chi connectivity index (χ0n) is 16.5. The third-order valence-corrected chi connectivity index (χ3v) is 6.15. The third kappa shape index (κ3) is 3.51. The molecule has 0 aliphatic rings. The molecule has 0 bridgehead atoms. The van der Waals surface area contributed by atoms with Gasteiger partial charge in [0.25, 0.3) is 0 Å². The van der Waals surface area contributed by atoms with Gasteiger partial charge in [0.05, 0.1) is 12.5 Å². The molecule has 0 fully saturated rings. The van der Waals surface area contributed by atoms with Crippen LogP contribution in [0.5, 0.6) is 5.75 Å². The first-order valence-corrected chi connectivity index (χ1v) is 10.4. The normalized spacial score (nSPS) is 11.3. The molecule has 8 nitrogen and oxygen atoms in total. The van der Waals surface area contributed by atoms with Crippen molar-refractivity contribution < 1.29 is 18.7 Å². The van der Waals surface area contributed by atoms with E-state index in [0.29, 0.717) is 43.5 Å². The van der Waals surface area contributed by atoms with E-state index >= 15 is 0 Å². The van der Waals surface area contributed by atoms with Crippen molar-refractivity contribution in [2.45, 2.75) is 13.5 Å². The van der Waals surface area contributed by atoms with Crippen molar-refractivity contribution in [2.24, 2.45) is 0 Å². The molecule has 0 saturated carbocycles. The highest BCUT2D eigenvalue weighted by atomic mass is 35.5. The summed E-state index contributed by atoms with van der Waals surface area (Å²) in [5.74, 6) is 1.85. The van der Waals surface area contributed by atoms with Gasteiger partial charge in [-0.2, -0.15) is 0 Å². The number of hydrogen-bond donors (Lipinski definition) is 0. The molecule has 0 saturated heterocycles. The number of methoxy groups -OCH3 is 1. The lowest BCUT2D eigenvalue weighted by molar-refractivity contribution is 0.0605. The van der Waals surface area contributed by atoms with Crippen LogP contribution in [0.1, 0.15) is 21.0 Å². The molecule has 0 spiro atoms. The Kier molecular flexibility index (Phi) is 4.84. The fraction of sp³-hybridized carbons (Fsp3) is 0.143. The van der Waals surface area contributed by atoms with E-state index in [0.717, 1.165) is 10.9 Å². The molecule has 0 aliphatic carbocycles. The van der Waals surface area contributed by atoms with Gasteiger partial charge in [-0.3, -0.25) is 0 Å². The summed E-state index contributed by atoms with van der Waals surface area (Å²) in [7, 11) is 1.36. The van der Waals surface area contributed by atoms with Gasteiger partial charge in [0.2, 0.25) is 5.82 Å². The molecule has 0 radical (unpaired) electrons. The summed E-state index contributed by atoms with van der Waals surface area (Å²) in [5.41, 5.74) is 1.36. The summed E-state index contributed by atoms with van der Waals surface area (Å²) in [5, 5.41) is 5.89. The van der Waals surface area contributed by atoms with Gasteiger partial charge in [0.1, 0.15) is 34.2 Å². The molecule has 0 aliphatic heterocycles. The Balaban J connectivity index is 1.45. The van der Waals surface area contributed by atoms with Gasteiger partial charge in [0.15, 0.2) is 11.4 Å². The van der Waals surface area contributed by atoms with Crippen LogP contribution in [0.2, 0.25) is 5.02 Å². The molecule has 0 atom stereocenters. The Morgan fingerprint density at radius 1 is 1.23 bits per heavy atom. The summed E-state index contributed by atoms with van der Waals surface area (Å²) in [6.45, 7) is 2.10. The second-order valence-electron chi connectivity index (χ2n) is 6.68. The third-order valence-electron chi connectivity index (χ3n) is 4.71. The monoisotopic (exact) mass is 454 g/mol. The molecule has 5 aromatic rings. The van der Waals surface area contributed by atoms with E-state index in [2.05, 4.69) is 15.1 Å². The average molecular weight is 455 g/mol. The summed E-state index contributed by atoms with van der Waals surface area (Å²) in [6, 6.07) is 10.7. The topological polar surface area (TPSA) is 91.8 Å². The van der Waals surface area contributed by atoms with Gasteiger partial charge in [-0.05, 0) is 48.9 Å². The number of hydrogen-bond acceptors (Lipinski definition) is 8. The van der Waals surface area contributed by atoms with Crippen molar-refractivity contribution >= 4 is 44.8 Å². The summed E-state index contributed by atoms with van der Waals surface area (Å²) < 4.78 is 18.0. The highest BCUT2D eigenvalue weighted by Crippen LogP contribution is 2.33. The van der Waals surface area contributed by atoms with Crippen LogP contribution >= 0.6 is 22.9 Å². The van der Waals surface area contributed by atoms with Gasteiger partial charge in [-0.15, -0.1) is 16.4 Å². The van der Waals surface area contributed by atoms with Gasteiger partial charge < -0.3 is 13.9 Å². The first-order chi connectivity index (χ1) is 15.0. The second-order valence-corrected chi connectivity index (χ2v) is 8.12. The molecule has 0 unspecified atom stereocenters. The Morgan fingerprint density at radius 3 is 2.81 bits per heavy atom. The van der Waals surface area contributed by atoms with Crippen LogP contribution in [0.15, 0.2) is 47.1 Å². The van der Waals surface area contributed by atoms with Gasteiger partial charge in [0, 0.05) is 5.02 Å². The van der Waals surface area contributed by atoms with Crippen LogP contribution in [0, 0.1) is 6.92 Å². The fourth-order valence-electron chi connectivity index (χ4n) is 3.19. The molecule has 31 heavy (non-hydrogen) atoms. The quantitative estimate of drug-likeness (QED) is 0.348. The number of rotatable bonds is 5. The highest BCUT2D eigenvalue weighted by Gasteiger charge is 2.21. The average Bonchev–Trinajstić information content (AvgIpc) is 3.49. The number of aryl methyl sites for hydroxylation is 1. The Labute approximate surface area is 185 Å². The number of halogens is 1. The number of furan rings is 1. The minimum Gasteiger partial charge on any atom is -0.486 e. The fourth-order valence-corrected chi connectivity index (χ4v) is 4.37. The van der Waals surface area contributed by atoms with Crippen molar-refractivity contribution in [2.75, 3.05) is 7.11 Å². The van der Waals surface area contributed by atoms with E-state index in [4.69, 9.17) is 25.5 Å². The number of nitrogens with zero attached hydrogens (tertiary/aromatic N) is 4.